The summed E-state index contributed by atoms with van der Waals surface area (Å²) in [6, 6.07) is 0. The molecule has 0 aromatic heterocycles. The summed E-state index contributed by atoms with van der Waals surface area (Å²) in [5.74, 6) is -1.87. The van der Waals surface area contributed by atoms with Gasteiger partial charge >= 0.3 is 5.97 Å². The molecule has 2 atom stereocenters. The van der Waals surface area contributed by atoms with Crippen molar-refractivity contribution in [3.05, 3.63) is 48.6 Å². The number of carbonyl (C=O) groups is 2. The maximum absolute atomic E-state index is 12.0. The summed E-state index contributed by atoms with van der Waals surface area (Å²) in [7, 11) is 5.87. The summed E-state index contributed by atoms with van der Waals surface area (Å²) in [5.41, 5.74) is 0. The number of hydrogen-bond acceptors (Lipinski definition) is 7. The number of allylic oxidation sites excluding steroid dienone is 8. The third-order valence-electron chi connectivity index (χ3n) is 8.82. The van der Waals surface area contributed by atoms with Crippen LogP contribution in [0.4, 0.5) is 0 Å². The van der Waals surface area contributed by atoms with Gasteiger partial charge in [-0.1, -0.05) is 158 Å². The number of aliphatic hydroxyl groups is 1. The highest BCUT2D eigenvalue weighted by atomic mass is 16.7. The Kier molecular flexibility index (Phi) is 35.5. The maximum Gasteiger partial charge on any atom is 0.305 e. The van der Waals surface area contributed by atoms with Crippen molar-refractivity contribution in [2.75, 3.05) is 47.5 Å². The van der Waals surface area contributed by atoms with E-state index >= 15 is 0 Å². The normalized spacial score (nSPS) is 13.6. The number of carboxylic acids is 1. The van der Waals surface area contributed by atoms with Crippen LogP contribution in [-0.2, 0) is 23.8 Å². The quantitative estimate of drug-likeness (QED) is 0.0222. The van der Waals surface area contributed by atoms with E-state index in [1.807, 2.05) is 21.1 Å². The Hall–Kier alpha value is -2.26. The van der Waals surface area contributed by atoms with Crippen molar-refractivity contribution in [1.82, 2.24) is 0 Å². The molecule has 0 radical (unpaired) electrons. The summed E-state index contributed by atoms with van der Waals surface area (Å²) in [6.45, 7) is 2.35. The fraction of sp³-hybridized carbons (Fsp3) is 0.773. The number of rotatable bonds is 38. The highest BCUT2D eigenvalue weighted by Gasteiger charge is 2.17. The molecule has 302 valence electrons. The first-order valence-electron chi connectivity index (χ1n) is 20.8. The molecule has 1 N–H and O–H groups in total. The molecule has 0 saturated carbocycles. The van der Waals surface area contributed by atoms with E-state index in [2.05, 4.69) is 55.5 Å². The largest absolute Gasteiger partial charge is 0.545 e. The van der Waals surface area contributed by atoms with Crippen LogP contribution in [0.25, 0.3) is 0 Å². The van der Waals surface area contributed by atoms with Crippen LogP contribution in [0.1, 0.15) is 161 Å². The average molecular weight is 734 g/mol. The predicted molar refractivity (Wildman–Crippen MR) is 214 cm³/mol. The Balaban J connectivity index is 3.43. The molecule has 52 heavy (non-hydrogen) atoms. The smallest absolute Gasteiger partial charge is 0.305 e. The first-order valence-corrected chi connectivity index (χ1v) is 20.8. The van der Waals surface area contributed by atoms with Crippen LogP contribution >= 0.6 is 0 Å². The van der Waals surface area contributed by atoms with Gasteiger partial charge < -0.3 is 33.7 Å². The standard InChI is InChI=1S/C44H79NO7/c1-5-6-7-8-9-10-11-12-13-14-15-16-17-18-19-20-21-22-23-24-25-26-27-28-29-30-31-32-33-34-35-36-42(47)51-39-41(46)40-52-44(43(48)49)50-38-37-45(2,3)4/h6-7,9-10,12-13,15-16,41,44,46H,5,8,11,14,17-40H2,1-4H3/b7-6-,10-9-,13-12-,16-15-. The second kappa shape index (κ2) is 37.1. The Morgan fingerprint density at radius 3 is 1.46 bits per heavy atom. The Morgan fingerprint density at radius 2 is 1.02 bits per heavy atom. The summed E-state index contributed by atoms with van der Waals surface area (Å²) in [5, 5.41) is 21.2. The predicted octanol–water partition coefficient (Wildman–Crippen LogP) is 9.31. The molecule has 0 aliphatic rings. The fourth-order valence-electron chi connectivity index (χ4n) is 5.58. The second-order valence-electron chi connectivity index (χ2n) is 15.1. The molecule has 0 rings (SSSR count). The van der Waals surface area contributed by atoms with E-state index in [9.17, 15) is 19.8 Å². The molecule has 8 nitrogen and oxygen atoms in total. The third kappa shape index (κ3) is 39.0. The first-order chi connectivity index (χ1) is 25.2. The number of ether oxygens (including phenoxy) is 3. The molecule has 0 bridgehead atoms. The lowest BCUT2D eigenvalue weighted by Crippen LogP contribution is -2.44. The number of aliphatic hydroxyl groups excluding tert-OH is 1. The summed E-state index contributed by atoms with van der Waals surface area (Å²) >= 11 is 0. The zero-order chi connectivity index (χ0) is 38.4. The number of aliphatic carboxylic acids is 1. The Bertz CT molecular complexity index is 937. The monoisotopic (exact) mass is 734 g/mol. The fourth-order valence-corrected chi connectivity index (χ4v) is 5.58. The molecule has 0 aromatic rings. The molecule has 0 heterocycles. The molecule has 0 aromatic carbocycles. The summed E-state index contributed by atoms with van der Waals surface area (Å²) < 4.78 is 16.0. The lowest BCUT2D eigenvalue weighted by atomic mass is 10.0. The minimum absolute atomic E-state index is 0.170. The van der Waals surface area contributed by atoms with Gasteiger partial charge in [0.05, 0.1) is 40.3 Å². The van der Waals surface area contributed by atoms with Gasteiger partial charge in [-0.2, -0.15) is 0 Å². The van der Waals surface area contributed by atoms with Gasteiger partial charge in [0.15, 0.2) is 6.29 Å². The highest BCUT2D eigenvalue weighted by Crippen LogP contribution is 2.15. The molecule has 0 spiro atoms. The lowest BCUT2D eigenvalue weighted by Gasteiger charge is -2.26. The van der Waals surface area contributed by atoms with Gasteiger partial charge in [0.25, 0.3) is 0 Å². The van der Waals surface area contributed by atoms with E-state index in [0.717, 1.165) is 44.9 Å². The van der Waals surface area contributed by atoms with Gasteiger partial charge in [0.2, 0.25) is 0 Å². The number of esters is 1. The van der Waals surface area contributed by atoms with Crippen LogP contribution in [0.5, 0.6) is 0 Å². The van der Waals surface area contributed by atoms with Crippen molar-refractivity contribution >= 4 is 11.9 Å². The SMILES string of the molecule is CC/C=C\C/C=C\C/C=C\C/C=C\CCCCCCCCCCCCCCCCCCCCC(=O)OCC(O)COC(OCC[N+](C)(C)C)C(=O)[O-]. The van der Waals surface area contributed by atoms with Crippen LogP contribution in [0.15, 0.2) is 48.6 Å². The van der Waals surface area contributed by atoms with Crippen molar-refractivity contribution < 1.29 is 38.5 Å². The molecule has 0 aliphatic heterocycles. The van der Waals surface area contributed by atoms with Crippen LogP contribution in [-0.4, -0.2) is 81.4 Å². The number of likely N-dealkylation sites (N-methyl/N-ethyl adjacent to an activating group) is 1. The van der Waals surface area contributed by atoms with E-state index in [1.165, 1.54) is 103 Å². The van der Waals surface area contributed by atoms with Gasteiger partial charge in [0.1, 0.15) is 19.3 Å². The maximum atomic E-state index is 12.0. The lowest BCUT2D eigenvalue weighted by molar-refractivity contribution is -0.870. The van der Waals surface area contributed by atoms with Gasteiger partial charge in [-0.05, 0) is 44.9 Å². The minimum atomic E-state index is -1.57. The first kappa shape index (κ1) is 49.7. The van der Waals surface area contributed by atoms with Gasteiger partial charge in [-0.25, -0.2) is 0 Å². The highest BCUT2D eigenvalue weighted by molar-refractivity contribution is 5.69. The topological polar surface area (TPSA) is 105 Å². The average Bonchev–Trinajstić information content (AvgIpc) is 3.10. The van der Waals surface area contributed by atoms with Crippen molar-refractivity contribution in [2.24, 2.45) is 0 Å². The Morgan fingerprint density at radius 1 is 0.596 bits per heavy atom. The van der Waals surface area contributed by atoms with Crippen molar-refractivity contribution in [2.45, 2.75) is 173 Å². The number of hydrogen-bond donors (Lipinski definition) is 1. The van der Waals surface area contributed by atoms with E-state index in [4.69, 9.17) is 14.2 Å². The number of unbranched alkanes of at least 4 members (excludes halogenated alkanes) is 18. The van der Waals surface area contributed by atoms with Gasteiger partial charge in [0, 0.05) is 6.42 Å². The van der Waals surface area contributed by atoms with E-state index < -0.39 is 18.4 Å². The van der Waals surface area contributed by atoms with Gasteiger partial charge in [-0.3, -0.25) is 4.79 Å². The minimum Gasteiger partial charge on any atom is -0.545 e. The molecule has 0 amide bonds. The van der Waals surface area contributed by atoms with Crippen LogP contribution in [0.3, 0.4) is 0 Å². The van der Waals surface area contributed by atoms with Crippen molar-refractivity contribution in [3.63, 3.8) is 0 Å². The molecular formula is C44H79NO7. The molecule has 8 heteroatoms. The zero-order valence-electron chi connectivity index (χ0n) is 33.9. The van der Waals surface area contributed by atoms with E-state index in [-0.39, 0.29) is 25.8 Å². The number of quaternary nitrogens is 1. The van der Waals surface area contributed by atoms with Crippen molar-refractivity contribution in [1.29, 1.82) is 0 Å². The molecule has 0 saturated heterocycles. The second-order valence-corrected chi connectivity index (χ2v) is 15.1. The summed E-state index contributed by atoms with van der Waals surface area (Å²) in [6.07, 6.45) is 44.3. The van der Waals surface area contributed by atoms with Crippen LogP contribution < -0.4 is 5.11 Å². The third-order valence-corrected chi connectivity index (χ3v) is 8.82. The zero-order valence-corrected chi connectivity index (χ0v) is 33.9. The number of nitrogens with zero attached hydrogens (tertiary/aromatic N) is 1. The van der Waals surface area contributed by atoms with Crippen molar-refractivity contribution in [3.8, 4) is 0 Å². The number of carbonyl (C=O) groups excluding carboxylic acids is 2. The summed E-state index contributed by atoms with van der Waals surface area (Å²) in [4.78, 5) is 23.2. The van der Waals surface area contributed by atoms with Crippen LogP contribution in [0.2, 0.25) is 0 Å². The molecule has 2 unspecified atom stereocenters. The van der Waals surface area contributed by atoms with E-state index in [1.54, 1.807) is 0 Å². The van der Waals surface area contributed by atoms with Crippen LogP contribution in [0, 0.1) is 0 Å². The molecular weight excluding hydrogens is 654 g/mol. The molecule has 0 fully saturated rings. The number of carboxylic acid groups (broad SMARTS) is 1. The van der Waals surface area contributed by atoms with E-state index in [0.29, 0.717) is 17.4 Å². The van der Waals surface area contributed by atoms with Gasteiger partial charge in [-0.15, -0.1) is 0 Å². The molecule has 0 aliphatic carbocycles. The Labute approximate surface area is 319 Å².